The Balaban J connectivity index is 2.42. The second-order valence-electron chi connectivity index (χ2n) is 4.19. The summed E-state index contributed by atoms with van der Waals surface area (Å²) >= 11 is 6.02. The maximum absolute atomic E-state index is 13.1. The van der Waals surface area contributed by atoms with Gasteiger partial charge in [0, 0.05) is 7.05 Å². The topological polar surface area (TPSA) is 52.0 Å². The number of benzene rings is 1. The molecule has 0 fully saturated rings. The van der Waals surface area contributed by atoms with Crippen LogP contribution >= 0.6 is 11.6 Å². The number of sulfone groups is 1. The van der Waals surface area contributed by atoms with E-state index in [2.05, 4.69) is 5.10 Å². The fourth-order valence-electron chi connectivity index (χ4n) is 1.76. The lowest BCUT2D eigenvalue weighted by Crippen LogP contribution is -2.09. The van der Waals surface area contributed by atoms with Gasteiger partial charge in [0.1, 0.15) is 5.82 Å². The molecule has 2 rings (SSSR count). The van der Waals surface area contributed by atoms with Crippen LogP contribution < -0.4 is 0 Å². The highest BCUT2D eigenvalue weighted by Gasteiger charge is 2.21. The van der Waals surface area contributed by atoms with Crippen molar-refractivity contribution in [2.75, 3.05) is 0 Å². The molecule has 7 heteroatoms. The van der Waals surface area contributed by atoms with Crippen LogP contribution in [0, 0.1) is 12.7 Å². The van der Waals surface area contributed by atoms with Crippen LogP contribution in [0.5, 0.6) is 0 Å². The second kappa shape index (κ2) is 4.94. The van der Waals surface area contributed by atoms with E-state index in [4.69, 9.17) is 11.6 Å². The summed E-state index contributed by atoms with van der Waals surface area (Å²) in [5, 5.41) is 4.37. The Morgan fingerprint density at radius 3 is 2.63 bits per heavy atom. The van der Waals surface area contributed by atoms with E-state index in [0.29, 0.717) is 16.4 Å². The molecule has 1 aromatic heterocycles. The van der Waals surface area contributed by atoms with Crippen LogP contribution in [0.15, 0.2) is 29.2 Å². The molecule has 0 unspecified atom stereocenters. The number of hydrogen-bond donors (Lipinski definition) is 0. The maximum atomic E-state index is 13.1. The maximum Gasteiger partial charge on any atom is 0.184 e. The fraction of sp³-hybridized carbons (Fsp3) is 0.250. The largest absolute Gasteiger partial charge is 0.270 e. The highest BCUT2D eigenvalue weighted by atomic mass is 35.5. The van der Waals surface area contributed by atoms with Crippen LogP contribution in [-0.2, 0) is 22.6 Å². The summed E-state index contributed by atoms with van der Waals surface area (Å²) in [5.41, 5.74) is 0.956. The molecule has 0 aliphatic carbocycles. The molecule has 0 amide bonds. The normalized spacial score (nSPS) is 11.8. The summed E-state index contributed by atoms with van der Waals surface area (Å²) in [6.45, 7) is 1.70. The monoisotopic (exact) mass is 302 g/mol. The van der Waals surface area contributed by atoms with Crippen molar-refractivity contribution in [3.05, 3.63) is 46.5 Å². The summed E-state index contributed by atoms with van der Waals surface area (Å²) in [7, 11) is -2.03. The average Bonchev–Trinajstić information content (AvgIpc) is 2.56. The van der Waals surface area contributed by atoms with Crippen molar-refractivity contribution in [2.45, 2.75) is 17.6 Å². The SMILES string of the molecule is Cc1nn(C)c(CS(=O)(=O)c2cccc(F)c2)c1Cl. The second-order valence-corrected chi connectivity index (χ2v) is 6.55. The molecule has 102 valence electrons. The third-order valence-corrected chi connectivity index (χ3v) is 4.86. The van der Waals surface area contributed by atoms with Gasteiger partial charge in [0.2, 0.25) is 0 Å². The minimum Gasteiger partial charge on any atom is -0.270 e. The Hall–Kier alpha value is -1.40. The van der Waals surface area contributed by atoms with Gasteiger partial charge in [0.15, 0.2) is 9.84 Å². The van der Waals surface area contributed by atoms with E-state index in [1.54, 1.807) is 14.0 Å². The molecule has 1 aromatic carbocycles. The van der Waals surface area contributed by atoms with E-state index >= 15 is 0 Å². The van der Waals surface area contributed by atoms with E-state index in [0.717, 1.165) is 6.07 Å². The first-order valence-electron chi connectivity index (χ1n) is 5.47. The van der Waals surface area contributed by atoms with Crippen molar-refractivity contribution in [1.29, 1.82) is 0 Å². The summed E-state index contributed by atoms with van der Waals surface area (Å²) in [6, 6.07) is 4.90. The Labute approximate surface area is 115 Å². The van der Waals surface area contributed by atoms with Crippen molar-refractivity contribution in [2.24, 2.45) is 7.05 Å². The number of aromatic nitrogens is 2. The van der Waals surface area contributed by atoms with E-state index < -0.39 is 15.7 Å². The van der Waals surface area contributed by atoms with Crippen molar-refractivity contribution < 1.29 is 12.8 Å². The Kier molecular flexibility index (Phi) is 3.64. The Morgan fingerprint density at radius 2 is 2.11 bits per heavy atom. The van der Waals surface area contributed by atoms with Gasteiger partial charge in [-0.2, -0.15) is 5.10 Å². The first kappa shape index (κ1) is 14.0. The predicted octanol–water partition coefficient (Wildman–Crippen LogP) is 2.49. The van der Waals surface area contributed by atoms with Gasteiger partial charge in [-0.15, -0.1) is 0 Å². The van der Waals surface area contributed by atoms with Crippen LogP contribution in [0.4, 0.5) is 4.39 Å². The lowest BCUT2D eigenvalue weighted by Gasteiger charge is -2.05. The molecule has 0 saturated carbocycles. The molecule has 0 bridgehead atoms. The summed E-state index contributed by atoms with van der Waals surface area (Å²) in [6.07, 6.45) is 0. The molecule has 0 saturated heterocycles. The van der Waals surface area contributed by atoms with E-state index in [1.165, 1.54) is 22.9 Å². The number of halogens is 2. The highest BCUT2D eigenvalue weighted by molar-refractivity contribution is 7.90. The zero-order chi connectivity index (χ0) is 14.2. The first-order valence-corrected chi connectivity index (χ1v) is 7.50. The molecule has 0 atom stereocenters. The summed E-state index contributed by atoms with van der Waals surface area (Å²) < 4.78 is 38.9. The molecule has 0 aliphatic rings. The van der Waals surface area contributed by atoms with Crippen molar-refractivity contribution in [3.8, 4) is 0 Å². The zero-order valence-corrected chi connectivity index (χ0v) is 12.0. The van der Waals surface area contributed by atoms with E-state index in [-0.39, 0.29) is 10.6 Å². The van der Waals surface area contributed by atoms with Gasteiger partial charge in [-0.1, -0.05) is 17.7 Å². The van der Waals surface area contributed by atoms with Gasteiger partial charge in [-0.25, -0.2) is 12.8 Å². The number of aryl methyl sites for hydroxylation is 2. The molecule has 19 heavy (non-hydrogen) atoms. The van der Waals surface area contributed by atoms with Crippen LogP contribution in [0.2, 0.25) is 5.02 Å². The van der Waals surface area contributed by atoms with Gasteiger partial charge in [0.25, 0.3) is 0 Å². The molecule has 4 nitrogen and oxygen atoms in total. The number of hydrogen-bond acceptors (Lipinski definition) is 3. The van der Waals surface area contributed by atoms with Gasteiger partial charge < -0.3 is 0 Å². The van der Waals surface area contributed by atoms with E-state index in [9.17, 15) is 12.8 Å². The Bertz CT molecular complexity index is 725. The molecule has 2 aromatic rings. The molecule has 0 radical (unpaired) electrons. The lowest BCUT2D eigenvalue weighted by molar-refractivity contribution is 0.587. The van der Waals surface area contributed by atoms with Gasteiger partial charge >= 0.3 is 0 Å². The van der Waals surface area contributed by atoms with Crippen molar-refractivity contribution in [3.63, 3.8) is 0 Å². The molecule has 0 aliphatic heterocycles. The predicted molar refractivity (Wildman–Crippen MR) is 70.2 cm³/mol. The van der Waals surface area contributed by atoms with Crippen LogP contribution in [0.3, 0.4) is 0 Å². The van der Waals surface area contributed by atoms with Crippen molar-refractivity contribution >= 4 is 21.4 Å². The first-order chi connectivity index (χ1) is 8.81. The van der Waals surface area contributed by atoms with Crippen LogP contribution in [-0.4, -0.2) is 18.2 Å². The van der Waals surface area contributed by atoms with E-state index in [1.807, 2.05) is 0 Å². The summed E-state index contributed by atoms with van der Waals surface area (Å²) in [5.74, 6) is -0.902. The molecule has 1 heterocycles. The van der Waals surface area contributed by atoms with Gasteiger partial charge in [0.05, 0.1) is 27.1 Å². The molecule has 0 N–H and O–H groups in total. The van der Waals surface area contributed by atoms with Gasteiger partial charge in [-0.05, 0) is 25.1 Å². The number of rotatable bonds is 3. The lowest BCUT2D eigenvalue weighted by atomic mass is 10.3. The summed E-state index contributed by atoms with van der Waals surface area (Å²) in [4.78, 5) is -0.0672. The average molecular weight is 303 g/mol. The smallest absolute Gasteiger partial charge is 0.184 e. The standard InChI is InChI=1S/C12H12ClFN2O2S/c1-8-12(13)11(16(2)15-8)7-19(17,18)10-5-3-4-9(14)6-10/h3-6H,7H2,1-2H3. The fourth-order valence-corrected chi connectivity index (χ4v) is 3.50. The van der Waals surface area contributed by atoms with Crippen molar-refractivity contribution in [1.82, 2.24) is 9.78 Å². The molecular formula is C12H12ClFN2O2S. The zero-order valence-electron chi connectivity index (χ0n) is 10.4. The van der Waals surface area contributed by atoms with Crippen LogP contribution in [0.25, 0.3) is 0 Å². The minimum absolute atomic E-state index is 0.0672. The molecule has 0 spiro atoms. The third kappa shape index (κ3) is 2.79. The quantitative estimate of drug-likeness (QED) is 0.875. The highest BCUT2D eigenvalue weighted by Crippen LogP contribution is 2.24. The van der Waals surface area contributed by atoms with Gasteiger partial charge in [-0.3, -0.25) is 4.68 Å². The molecular weight excluding hydrogens is 291 g/mol. The van der Waals surface area contributed by atoms with Crippen LogP contribution in [0.1, 0.15) is 11.4 Å². The Morgan fingerprint density at radius 1 is 1.42 bits per heavy atom. The minimum atomic E-state index is -3.65. The number of nitrogens with zero attached hydrogens (tertiary/aromatic N) is 2. The third-order valence-electron chi connectivity index (χ3n) is 2.74.